The van der Waals surface area contributed by atoms with Crippen molar-refractivity contribution >= 4 is 21.7 Å². The number of sulfone groups is 1. The number of amides is 1. The molecule has 1 saturated heterocycles. The van der Waals surface area contributed by atoms with E-state index in [0.717, 1.165) is 0 Å². The van der Waals surface area contributed by atoms with Crippen LogP contribution in [0.2, 0.25) is 0 Å². The Kier molecular flexibility index (Phi) is 5.30. The van der Waals surface area contributed by atoms with Crippen molar-refractivity contribution in [3.05, 3.63) is 0 Å². The van der Waals surface area contributed by atoms with E-state index in [4.69, 9.17) is 5.11 Å². The lowest BCUT2D eigenvalue weighted by Crippen LogP contribution is -2.43. The SMILES string of the molecule is CN(C)CCN(CC(=O)O)C(=O)C1CCS(=O)(=O)C1. The van der Waals surface area contributed by atoms with E-state index in [2.05, 4.69) is 0 Å². The molecule has 0 aromatic carbocycles. The van der Waals surface area contributed by atoms with Crippen LogP contribution in [0.15, 0.2) is 0 Å². The van der Waals surface area contributed by atoms with Crippen molar-refractivity contribution in [1.82, 2.24) is 9.80 Å². The smallest absolute Gasteiger partial charge is 0.323 e. The van der Waals surface area contributed by atoms with Gasteiger partial charge < -0.3 is 14.9 Å². The average Bonchev–Trinajstić information content (AvgIpc) is 2.63. The molecule has 1 aliphatic heterocycles. The molecular formula is C11H20N2O5S. The number of nitrogens with zero attached hydrogens (tertiary/aromatic N) is 2. The summed E-state index contributed by atoms with van der Waals surface area (Å²) >= 11 is 0. The van der Waals surface area contributed by atoms with Crippen molar-refractivity contribution in [2.45, 2.75) is 6.42 Å². The van der Waals surface area contributed by atoms with E-state index in [1.807, 2.05) is 19.0 Å². The number of rotatable bonds is 6. The van der Waals surface area contributed by atoms with Crippen LogP contribution in [0.5, 0.6) is 0 Å². The first-order valence-electron chi connectivity index (χ1n) is 6.07. The summed E-state index contributed by atoms with van der Waals surface area (Å²) in [4.78, 5) is 26.0. The molecule has 1 amide bonds. The molecular weight excluding hydrogens is 272 g/mol. The summed E-state index contributed by atoms with van der Waals surface area (Å²) in [5, 5.41) is 8.82. The van der Waals surface area contributed by atoms with Crippen molar-refractivity contribution in [3.63, 3.8) is 0 Å². The number of carboxylic acid groups (broad SMARTS) is 1. The number of carboxylic acids is 1. The highest BCUT2D eigenvalue weighted by molar-refractivity contribution is 7.91. The normalized spacial score (nSPS) is 21.5. The van der Waals surface area contributed by atoms with Crippen LogP contribution in [0.4, 0.5) is 0 Å². The van der Waals surface area contributed by atoms with E-state index in [1.165, 1.54) is 4.90 Å². The lowest BCUT2D eigenvalue weighted by Gasteiger charge is -2.25. The van der Waals surface area contributed by atoms with Crippen molar-refractivity contribution in [2.24, 2.45) is 5.92 Å². The molecule has 0 aromatic heterocycles. The third-order valence-electron chi connectivity index (χ3n) is 3.04. The van der Waals surface area contributed by atoms with Gasteiger partial charge >= 0.3 is 5.97 Å². The standard InChI is InChI=1S/C11H20N2O5S/c1-12(2)4-5-13(7-10(14)15)11(16)9-3-6-19(17,18)8-9/h9H,3-8H2,1-2H3,(H,14,15). The van der Waals surface area contributed by atoms with Gasteiger partial charge in [0.1, 0.15) is 6.54 Å². The summed E-state index contributed by atoms with van der Waals surface area (Å²) in [7, 11) is 0.507. The highest BCUT2D eigenvalue weighted by Gasteiger charge is 2.35. The minimum Gasteiger partial charge on any atom is -0.480 e. The summed E-state index contributed by atoms with van der Waals surface area (Å²) in [6.07, 6.45) is 0.291. The van der Waals surface area contributed by atoms with Gasteiger partial charge in [0, 0.05) is 13.1 Å². The van der Waals surface area contributed by atoms with Crippen LogP contribution in [-0.4, -0.2) is 80.4 Å². The van der Waals surface area contributed by atoms with Crippen LogP contribution in [0.3, 0.4) is 0 Å². The molecule has 1 N–H and O–H groups in total. The average molecular weight is 292 g/mol. The summed E-state index contributed by atoms with van der Waals surface area (Å²) in [5.41, 5.74) is 0. The van der Waals surface area contributed by atoms with Gasteiger partial charge in [-0.15, -0.1) is 0 Å². The third kappa shape index (κ3) is 5.15. The Hall–Kier alpha value is -1.15. The van der Waals surface area contributed by atoms with E-state index in [0.29, 0.717) is 13.0 Å². The van der Waals surface area contributed by atoms with E-state index in [9.17, 15) is 18.0 Å². The number of hydrogen-bond donors (Lipinski definition) is 1. The Morgan fingerprint density at radius 2 is 1.89 bits per heavy atom. The second-order valence-electron chi connectivity index (χ2n) is 5.06. The first kappa shape index (κ1) is 15.9. The summed E-state index contributed by atoms with van der Waals surface area (Å²) in [5.74, 6) is -2.20. The van der Waals surface area contributed by atoms with Crippen molar-refractivity contribution in [1.29, 1.82) is 0 Å². The van der Waals surface area contributed by atoms with Crippen LogP contribution in [-0.2, 0) is 19.4 Å². The van der Waals surface area contributed by atoms with E-state index >= 15 is 0 Å². The minimum atomic E-state index is -3.14. The molecule has 0 aromatic rings. The maximum Gasteiger partial charge on any atom is 0.323 e. The minimum absolute atomic E-state index is 0.0119. The second-order valence-corrected chi connectivity index (χ2v) is 7.29. The first-order valence-corrected chi connectivity index (χ1v) is 7.89. The van der Waals surface area contributed by atoms with Crippen LogP contribution in [0.1, 0.15) is 6.42 Å². The van der Waals surface area contributed by atoms with Gasteiger partial charge in [-0.05, 0) is 20.5 Å². The molecule has 0 radical (unpaired) electrons. The Labute approximate surface area is 113 Å². The topological polar surface area (TPSA) is 95.0 Å². The zero-order valence-electron chi connectivity index (χ0n) is 11.2. The predicted octanol–water partition coefficient (Wildman–Crippen LogP) is -1.10. The van der Waals surface area contributed by atoms with Gasteiger partial charge in [-0.1, -0.05) is 0 Å². The quantitative estimate of drug-likeness (QED) is 0.667. The van der Waals surface area contributed by atoms with Crippen LogP contribution in [0, 0.1) is 5.92 Å². The van der Waals surface area contributed by atoms with Crippen molar-refractivity contribution < 1.29 is 23.1 Å². The highest BCUT2D eigenvalue weighted by Crippen LogP contribution is 2.20. The number of aliphatic carboxylic acids is 1. The van der Waals surface area contributed by atoms with E-state index < -0.39 is 21.7 Å². The molecule has 7 nitrogen and oxygen atoms in total. The molecule has 0 saturated carbocycles. The molecule has 1 atom stereocenters. The molecule has 19 heavy (non-hydrogen) atoms. The van der Waals surface area contributed by atoms with Gasteiger partial charge in [-0.2, -0.15) is 0 Å². The second kappa shape index (κ2) is 6.33. The van der Waals surface area contributed by atoms with Crippen LogP contribution in [0.25, 0.3) is 0 Å². The number of carbonyl (C=O) groups is 2. The number of likely N-dealkylation sites (N-methyl/N-ethyl adjacent to an activating group) is 1. The first-order chi connectivity index (χ1) is 8.71. The lowest BCUT2D eigenvalue weighted by atomic mass is 10.1. The van der Waals surface area contributed by atoms with Gasteiger partial charge in [0.2, 0.25) is 5.91 Å². The molecule has 1 unspecified atom stereocenters. The Bertz CT molecular complexity index is 446. The van der Waals surface area contributed by atoms with E-state index in [1.54, 1.807) is 0 Å². The van der Waals surface area contributed by atoms with Crippen molar-refractivity contribution in [2.75, 3.05) is 45.2 Å². The fourth-order valence-electron chi connectivity index (χ4n) is 2.00. The lowest BCUT2D eigenvalue weighted by molar-refractivity contribution is -0.146. The molecule has 1 aliphatic rings. The maximum atomic E-state index is 12.2. The Morgan fingerprint density at radius 1 is 1.26 bits per heavy atom. The zero-order valence-corrected chi connectivity index (χ0v) is 12.0. The van der Waals surface area contributed by atoms with Gasteiger partial charge in [-0.25, -0.2) is 8.42 Å². The highest BCUT2D eigenvalue weighted by atomic mass is 32.2. The Balaban J connectivity index is 2.68. The monoisotopic (exact) mass is 292 g/mol. The molecule has 1 rings (SSSR count). The fourth-order valence-corrected chi connectivity index (χ4v) is 3.73. The molecule has 0 spiro atoms. The largest absolute Gasteiger partial charge is 0.480 e. The van der Waals surface area contributed by atoms with Crippen LogP contribution >= 0.6 is 0 Å². The number of carbonyl (C=O) groups excluding carboxylic acids is 1. The predicted molar refractivity (Wildman–Crippen MR) is 69.5 cm³/mol. The van der Waals surface area contributed by atoms with Gasteiger partial charge in [0.05, 0.1) is 17.4 Å². The van der Waals surface area contributed by atoms with Crippen molar-refractivity contribution in [3.8, 4) is 0 Å². The van der Waals surface area contributed by atoms with Gasteiger partial charge in [0.25, 0.3) is 0 Å². The summed E-state index contributed by atoms with van der Waals surface area (Å²) in [6, 6.07) is 0. The summed E-state index contributed by atoms with van der Waals surface area (Å²) in [6.45, 7) is 0.441. The third-order valence-corrected chi connectivity index (χ3v) is 4.80. The van der Waals surface area contributed by atoms with Gasteiger partial charge in [0.15, 0.2) is 9.84 Å². The zero-order chi connectivity index (χ0) is 14.6. The molecule has 8 heteroatoms. The fraction of sp³-hybridized carbons (Fsp3) is 0.818. The molecule has 110 valence electrons. The van der Waals surface area contributed by atoms with Crippen LogP contribution < -0.4 is 0 Å². The molecule has 0 aliphatic carbocycles. The molecule has 1 fully saturated rings. The Morgan fingerprint density at radius 3 is 2.32 bits per heavy atom. The molecule has 1 heterocycles. The number of hydrogen-bond acceptors (Lipinski definition) is 5. The van der Waals surface area contributed by atoms with E-state index in [-0.39, 0.29) is 30.5 Å². The maximum absolute atomic E-state index is 12.2. The van der Waals surface area contributed by atoms with Gasteiger partial charge in [-0.3, -0.25) is 9.59 Å². The summed E-state index contributed by atoms with van der Waals surface area (Å²) < 4.78 is 22.7. The molecule has 0 bridgehead atoms.